The predicted molar refractivity (Wildman–Crippen MR) is 140 cm³/mol. The Hall–Kier alpha value is -2.22. The van der Waals surface area contributed by atoms with Crippen molar-refractivity contribution in [3.8, 4) is 11.3 Å². The van der Waals surface area contributed by atoms with E-state index in [9.17, 15) is 0 Å². The van der Waals surface area contributed by atoms with Gasteiger partial charge in [0.1, 0.15) is 16.0 Å². The molecule has 1 saturated heterocycles. The molecule has 6 nitrogen and oxygen atoms in total. The monoisotopic (exact) mass is 477 g/mol. The van der Waals surface area contributed by atoms with Gasteiger partial charge in [0.05, 0.1) is 23.9 Å². The van der Waals surface area contributed by atoms with Crippen molar-refractivity contribution in [2.45, 2.75) is 64.3 Å². The van der Waals surface area contributed by atoms with Crippen LogP contribution in [0.3, 0.4) is 0 Å². The number of hydrogen-bond acceptors (Lipinski definition) is 5. The van der Waals surface area contributed by atoms with Crippen LogP contribution < -0.4 is 5.32 Å². The first kappa shape index (κ1) is 22.3. The number of aromatic amines is 1. The Kier molecular flexibility index (Phi) is 5.54. The van der Waals surface area contributed by atoms with Gasteiger partial charge in [-0.3, -0.25) is 0 Å². The normalized spacial score (nSPS) is 22.6. The van der Waals surface area contributed by atoms with E-state index in [0.717, 1.165) is 25.4 Å². The molecular weight excluding hydrogens is 442 g/mol. The molecule has 2 fully saturated rings. The number of ether oxygens (including phenoxy) is 1. The van der Waals surface area contributed by atoms with Crippen LogP contribution in [0.4, 0.5) is 0 Å². The van der Waals surface area contributed by atoms with E-state index in [0.29, 0.717) is 23.3 Å². The van der Waals surface area contributed by atoms with Gasteiger partial charge in [-0.1, -0.05) is 20.8 Å². The van der Waals surface area contributed by atoms with Gasteiger partial charge in [-0.05, 0) is 43.7 Å². The Morgan fingerprint density at radius 2 is 2.06 bits per heavy atom. The number of nitrogens with zero attached hydrogens (tertiary/aromatic N) is 3. The van der Waals surface area contributed by atoms with Crippen molar-refractivity contribution in [1.82, 2.24) is 24.8 Å². The summed E-state index contributed by atoms with van der Waals surface area (Å²) in [6.45, 7) is 9.75. The lowest BCUT2D eigenvalue weighted by Gasteiger charge is -2.40. The zero-order chi connectivity index (χ0) is 23.4. The van der Waals surface area contributed by atoms with Gasteiger partial charge in [0.2, 0.25) is 0 Å². The number of fused-ring (bicyclic) bond motifs is 2. The Labute approximate surface area is 205 Å². The largest absolute Gasteiger partial charge is 0.380 e. The van der Waals surface area contributed by atoms with E-state index in [1.54, 1.807) is 0 Å². The fourth-order valence-electron chi connectivity index (χ4n) is 5.75. The van der Waals surface area contributed by atoms with Gasteiger partial charge in [0, 0.05) is 59.9 Å². The quantitative estimate of drug-likeness (QED) is 0.360. The molecule has 2 aliphatic rings. The van der Waals surface area contributed by atoms with Crippen LogP contribution in [-0.2, 0) is 11.8 Å². The molecule has 5 heterocycles. The Balaban J connectivity index is 1.24. The van der Waals surface area contributed by atoms with Crippen LogP contribution in [0.2, 0.25) is 0 Å². The average Bonchev–Trinajstić information content (AvgIpc) is 3.47. The van der Waals surface area contributed by atoms with E-state index in [2.05, 4.69) is 59.9 Å². The topological polar surface area (TPSA) is 67.8 Å². The zero-order valence-electron chi connectivity index (χ0n) is 20.6. The van der Waals surface area contributed by atoms with Crippen LogP contribution in [-0.4, -0.2) is 45.3 Å². The van der Waals surface area contributed by atoms with Crippen LogP contribution in [0.15, 0.2) is 24.5 Å². The van der Waals surface area contributed by atoms with Crippen molar-refractivity contribution in [2.75, 3.05) is 19.8 Å². The highest BCUT2D eigenvalue weighted by Crippen LogP contribution is 2.43. The number of thiazole rings is 1. The third kappa shape index (κ3) is 3.78. The maximum atomic E-state index is 5.40. The van der Waals surface area contributed by atoms with Gasteiger partial charge in [0.15, 0.2) is 0 Å². The second-order valence-corrected chi connectivity index (χ2v) is 12.1. The summed E-state index contributed by atoms with van der Waals surface area (Å²) in [5, 5.41) is 6.31. The molecule has 0 bridgehead atoms. The fourth-order valence-corrected chi connectivity index (χ4v) is 6.91. The second-order valence-electron chi connectivity index (χ2n) is 11.1. The van der Waals surface area contributed by atoms with Gasteiger partial charge in [-0.2, -0.15) is 0 Å². The number of rotatable bonds is 6. The maximum Gasteiger partial charge on any atom is 0.140 e. The van der Waals surface area contributed by atoms with Gasteiger partial charge in [-0.15, -0.1) is 11.3 Å². The molecule has 0 aromatic carbocycles. The summed E-state index contributed by atoms with van der Waals surface area (Å²) < 4.78 is 7.52. The van der Waals surface area contributed by atoms with Crippen molar-refractivity contribution in [3.05, 3.63) is 35.1 Å². The first-order valence-corrected chi connectivity index (χ1v) is 13.5. The van der Waals surface area contributed by atoms with Gasteiger partial charge in [-0.25, -0.2) is 9.97 Å². The zero-order valence-corrected chi connectivity index (χ0v) is 21.5. The SMILES string of the molecule is CC(C)c1c(-c2cn(C)c3ncccc23)[nH]c2sc(C3CCC(NCC4(C)COC4)CC3)nc12. The summed E-state index contributed by atoms with van der Waals surface area (Å²) in [5.74, 6) is 0.971. The summed E-state index contributed by atoms with van der Waals surface area (Å²) in [5.41, 5.74) is 6.29. The molecule has 0 amide bonds. The minimum absolute atomic E-state index is 0.343. The molecule has 7 heteroatoms. The minimum atomic E-state index is 0.343. The molecule has 0 atom stereocenters. The van der Waals surface area contributed by atoms with Crippen LogP contribution in [0.25, 0.3) is 32.6 Å². The standard InChI is InChI=1S/C27H35N5OS/c1-16(2)21-22(20-12-32(4)24-19(20)6-5-11-28-24)30-26-23(21)31-25(34-26)17-7-9-18(10-8-17)29-13-27(3)14-33-15-27/h5-6,11-12,16-18,29-30H,7-10,13-15H2,1-4H3. The van der Waals surface area contributed by atoms with Crippen molar-refractivity contribution < 1.29 is 4.74 Å². The third-order valence-corrected chi connectivity index (χ3v) is 8.92. The van der Waals surface area contributed by atoms with Crippen LogP contribution in [0.5, 0.6) is 0 Å². The van der Waals surface area contributed by atoms with E-state index < -0.39 is 0 Å². The molecule has 6 rings (SSSR count). The molecule has 1 saturated carbocycles. The van der Waals surface area contributed by atoms with Crippen molar-refractivity contribution in [2.24, 2.45) is 12.5 Å². The number of aromatic nitrogens is 4. The molecule has 4 aromatic rings. The molecule has 4 aromatic heterocycles. The van der Waals surface area contributed by atoms with E-state index in [1.165, 1.54) is 63.2 Å². The second kappa shape index (κ2) is 8.47. The first-order chi connectivity index (χ1) is 16.4. The predicted octanol–water partition coefficient (Wildman–Crippen LogP) is 5.95. The summed E-state index contributed by atoms with van der Waals surface area (Å²) in [7, 11) is 2.07. The lowest BCUT2D eigenvalue weighted by Crippen LogP contribution is -2.50. The first-order valence-electron chi connectivity index (χ1n) is 12.7. The lowest BCUT2D eigenvalue weighted by molar-refractivity contribution is -0.100. The average molecular weight is 478 g/mol. The van der Waals surface area contributed by atoms with E-state index in [-0.39, 0.29) is 0 Å². The van der Waals surface area contributed by atoms with Crippen molar-refractivity contribution in [1.29, 1.82) is 0 Å². The molecule has 0 radical (unpaired) electrons. The van der Waals surface area contributed by atoms with Crippen molar-refractivity contribution >= 4 is 32.7 Å². The summed E-state index contributed by atoms with van der Waals surface area (Å²) in [4.78, 5) is 14.8. The molecule has 1 aliphatic heterocycles. The molecule has 0 unspecified atom stereocenters. The van der Waals surface area contributed by atoms with Crippen LogP contribution in [0.1, 0.15) is 68.9 Å². The Morgan fingerprint density at radius 1 is 1.26 bits per heavy atom. The molecule has 180 valence electrons. The summed E-state index contributed by atoms with van der Waals surface area (Å²) in [6, 6.07) is 4.82. The molecule has 0 spiro atoms. The highest BCUT2D eigenvalue weighted by atomic mass is 32.1. The van der Waals surface area contributed by atoms with E-state index in [1.807, 2.05) is 23.6 Å². The molecule has 34 heavy (non-hydrogen) atoms. The number of nitrogens with one attached hydrogen (secondary N) is 2. The minimum Gasteiger partial charge on any atom is -0.380 e. The van der Waals surface area contributed by atoms with Crippen LogP contribution in [0, 0.1) is 5.41 Å². The number of hydrogen-bond donors (Lipinski definition) is 2. The van der Waals surface area contributed by atoms with Gasteiger partial charge in [0.25, 0.3) is 0 Å². The highest BCUT2D eigenvalue weighted by molar-refractivity contribution is 7.18. The Morgan fingerprint density at radius 3 is 2.76 bits per heavy atom. The van der Waals surface area contributed by atoms with Crippen molar-refractivity contribution in [3.63, 3.8) is 0 Å². The fraction of sp³-hybridized carbons (Fsp3) is 0.556. The number of H-pyrrole nitrogens is 1. The highest BCUT2D eigenvalue weighted by Gasteiger charge is 2.34. The number of aryl methyl sites for hydroxylation is 1. The lowest BCUT2D eigenvalue weighted by atomic mass is 9.84. The van der Waals surface area contributed by atoms with Crippen LogP contribution >= 0.6 is 11.3 Å². The maximum absolute atomic E-state index is 5.40. The van der Waals surface area contributed by atoms with E-state index in [4.69, 9.17) is 9.72 Å². The molecule has 2 N–H and O–H groups in total. The number of pyridine rings is 1. The van der Waals surface area contributed by atoms with E-state index >= 15 is 0 Å². The summed E-state index contributed by atoms with van der Waals surface area (Å²) >= 11 is 1.87. The third-order valence-electron chi connectivity index (χ3n) is 7.78. The van der Waals surface area contributed by atoms with Gasteiger partial charge >= 0.3 is 0 Å². The molecular formula is C27H35N5OS. The summed E-state index contributed by atoms with van der Waals surface area (Å²) in [6.07, 6.45) is 8.98. The molecule has 1 aliphatic carbocycles. The van der Waals surface area contributed by atoms with Gasteiger partial charge < -0.3 is 19.6 Å². The smallest absolute Gasteiger partial charge is 0.140 e. The Bertz CT molecular complexity index is 1320.